The Hall–Kier alpha value is -1.56. The molecule has 112 valence electrons. The van der Waals surface area contributed by atoms with Crippen LogP contribution in [0.15, 0.2) is 6.20 Å². The van der Waals surface area contributed by atoms with Gasteiger partial charge in [0.15, 0.2) is 5.82 Å². The predicted molar refractivity (Wildman–Crippen MR) is 82.4 cm³/mol. The molecule has 0 atom stereocenters. The number of hydrogen-bond donors (Lipinski definition) is 2. The average Bonchev–Trinajstić information content (AvgIpc) is 2.38. The number of nitrogens with zero attached hydrogens (tertiary/aromatic N) is 3. The number of aromatic nitrogens is 2. The molecule has 1 amide bonds. The van der Waals surface area contributed by atoms with Crippen LogP contribution < -0.4 is 15.5 Å². The van der Waals surface area contributed by atoms with Gasteiger partial charge in [-0.15, -0.1) is 0 Å². The van der Waals surface area contributed by atoms with Gasteiger partial charge in [-0.3, -0.25) is 4.79 Å². The summed E-state index contributed by atoms with van der Waals surface area (Å²) < 4.78 is 0. The second-order valence-corrected chi connectivity index (χ2v) is 5.04. The summed E-state index contributed by atoms with van der Waals surface area (Å²) in [6.45, 7) is 9.34. The zero-order valence-electron chi connectivity index (χ0n) is 12.4. The number of anilines is 2. The summed E-state index contributed by atoms with van der Waals surface area (Å²) >= 11 is 6.13. The Kier molecular flexibility index (Phi) is 6.51. The van der Waals surface area contributed by atoms with E-state index in [2.05, 4.69) is 20.6 Å². The van der Waals surface area contributed by atoms with E-state index < -0.39 is 0 Å². The first-order valence-electron chi connectivity index (χ1n) is 6.78. The lowest BCUT2D eigenvalue weighted by Gasteiger charge is -2.23. The van der Waals surface area contributed by atoms with Gasteiger partial charge in [0, 0.05) is 19.1 Å². The van der Waals surface area contributed by atoms with Crippen LogP contribution >= 0.6 is 11.6 Å². The Morgan fingerprint density at radius 3 is 2.70 bits per heavy atom. The molecule has 2 N–H and O–H groups in total. The monoisotopic (exact) mass is 299 g/mol. The molecule has 1 heterocycles. The van der Waals surface area contributed by atoms with Crippen LogP contribution in [0.25, 0.3) is 0 Å². The van der Waals surface area contributed by atoms with Gasteiger partial charge < -0.3 is 15.5 Å². The molecule has 1 rings (SSSR count). The zero-order chi connectivity index (χ0) is 15.1. The Balaban J connectivity index is 2.88. The summed E-state index contributed by atoms with van der Waals surface area (Å²) in [4.78, 5) is 22.1. The standard InChI is InChI=1S/C13H22ClN5O/c1-5-15-13-16-7-10(14)12(18-13)19(6-2)8-11(20)17-9(3)4/h7,9H,5-6,8H2,1-4H3,(H,17,20)(H,15,16,18). The van der Waals surface area contributed by atoms with Gasteiger partial charge in [-0.25, -0.2) is 4.98 Å². The maximum Gasteiger partial charge on any atom is 0.239 e. The number of amides is 1. The highest BCUT2D eigenvalue weighted by Crippen LogP contribution is 2.23. The largest absolute Gasteiger partial charge is 0.354 e. The molecule has 0 aromatic carbocycles. The number of halogens is 1. The lowest BCUT2D eigenvalue weighted by Crippen LogP contribution is -2.40. The van der Waals surface area contributed by atoms with Gasteiger partial charge in [-0.05, 0) is 27.7 Å². The summed E-state index contributed by atoms with van der Waals surface area (Å²) in [5.74, 6) is 1.02. The van der Waals surface area contributed by atoms with Crippen molar-refractivity contribution >= 4 is 29.3 Å². The highest BCUT2D eigenvalue weighted by molar-refractivity contribution is 6.32. The highest BCUT2D eigenvalue weighted by Gasteiger charge is 2.16. The van der Waals surface area contributed by atoms with Crippen LogP contribution in [0.1, 0.15) is 27.7 Å². The second-order valence-electron chi connectivity index (χ2n) is 4.63. The molecule has 0 spiro atoms. The second kappa shape index (κ2) is 7.89. The quantitative estimate of drug-likeness (QED) is 0.805. The van der Waals surface area contributed by atoms with Crippen molar-refractivity contribution in [1.29, 1.82) is 0 Å². The van der Waals surface area contributed by atoms with E-state index in [-0.39, 0.29) is 18.5 Å². The minimum Gasteiger partial charge on any atom is -0.354 e. The smallest absolute Gasteiger partial charge is 0.239 e. The van der Waals surface area contributed by atoms with Crippen LogP contribution in [-0.2, 0) is 4.79 Å². The van der Waals surface area contributed by atoms with Gasteiger partial charge in [0.1, 0.15) is 5.02 Å². The van der Waals surface area contributed by atoms with Gasteiger partial charge >= 0.3 is 0 Å². The Bertz CT molecular complexity index is 452. The van der Waals surface area contributed by atoms with Crippen molar-refractivity contribution in [3.63, 3.8) is 0 Å². The maximum atomic E-state index is 11.9. The Morgan fingerprint density at radius 2 is 2.15 bits per heavy atom. The topological polar surface area (TPSA) is 70.2 Å². The molecule has 0 radical (unpaired) electrons. The summed E-state index contributed by atoms with van der Waals surface area (Å²) in [5, 5.41) is 6.32. The van der Waals surface area contributed by atoms with Crippen molar-refractivity contribution in [2.75, 3.05) is 29.9 Å². The summed E-state index contributed by atoms with van der Waals surface area (Å²) in [5.41, 5.74) is 0. The van der Waals surface area contributed by atoms with Crippen LogP contribution in [0.5, 0.6) is 0 Å². The van der Waals surface area contributed by atoms with Crippen LogP contribution in [0.4, 0.5) is 11.8 Å². The van der Waals surface area contributed by atoms with Gasteiger partial charge in [0.2, 0.25) is 11.9 Å². The van der Waals surface area contributed by atoms with E-state index in [4.69, 9.17) is 11.6 Å². The molecular weight excluding hydrogens is 278 g/mol. The number of nitrogens with one attached hydrogen (secondary N) is 2. The first-order chi connectivity index (χ1) is 9.47. The van der Waals surface area contributed by atoms with Crippen molar-refractivity contribution in [2.45, 2.75) is 33.7 Å². The van der Waals surface area contributed by atoms with E-state index >= 15 is 0 Å². The van der Waals surface area contributed by atoms with Crippen molar-refractivity contribution in [3.05, 3.63) is 11.2 Å². The zero-order valence-corrected chi connectivity index (χ0v) is 13.2. The van der Waals surface area contributed by atoms with Crippen LogP contribution in [0.3, 0.4) is 0 Å². The summed E-state index contributed by atoms with van der Waals surface area (Å²) in [7, 11) is 0. The molecule has 0 aliphatic heterocycles. The first-order valence-corrected chi connectivity index (χ1v) is 7.16. The fourth-order valence-corrected chi connectivity index (χ4v) is 1.91. The van der Waals surface area contributed by atoms with E-state index in [1.807, 2.05) is 32.6 Å². The third kappa shape index (κ3) is 4.85. The molecule has 0 saturated carbocycles. The SMILES string of the molecule is CCNc1ncc(Cl)c(N(CC)CC(=O)NC(C)C)n1. The van der Waals surface area contributed by atoms with E-state index in [1.54, 1.807) is 6.20 Å². The molecular formula is C13H22ClN5O. The molecule has 1 aromatic rings. The van der Waals surface area contributed by atoms with Crippen molar-refractivity contribution < 1.29 is 4.79 Å². The predicted octanol–water partition coefficient (Wildman–Crippen LogP) is 1.91. The fraction of sp³-hybridized carbons (Fsp3) is 0.615. The Labute approximate surface area is 124 Å². The van der Waals surface area contributed by atoms with Crippen LogP contribution in [0, 0.1) is 0 Å². The van der Waals surface area contributed by atoms with Crippen molar-refractivity contribution in [2.24, 2.45) is 0 Å². The highest BCUT2D eigenvalue weighted by atomic mass is 35.5. The van der Waals surface area contributed by atoms with E-state index in [9.17, 15) is 4.79 Å². The number of rotatable bonds is 7. The normalized spacial score (nSPS) is 10.5. The molecule has 0 aliphatic rings. The molecule has 0 unspecified atom stereocenters. The van der Waals surface area contributed by atoms with Gasteiger partial charge in [-0.2, -0.15) is 4.98 Å². The number of hydrogen-bond acceptors (Lipinski definition) is 5. The lowest BCUT2D eigenvalue weighted by molar-refractivity contribution is -0.120. The molecule has 0 bridgehead atoms. The maximum absolute atomic E-state index is 11.9. The number of carbonyl (C=O) groups is 1. The third-order valence-corrected chi connectivity index (χ3v) is 2.79. The number of likely N-dealkylation sites (N-methyl/N-ethyl adjacent to an activating group) is 1. The fourth-order valence-electron chi connectivity index (χ4n) is 1.70. The van der Waals surface area contributed by atoms with Gasteiger partial charge in [-0.1, -0.05) is 11.6 Å². The molecule has 0 saturated heterocycles. The average molecular weight is 300 g/mol. The minimum atomic E-state index is -0.0541. The molecule has 20 heavy (non-hydrogen) atoms. The van der Waals surface area contributed by atoms with E-state index in [1.165, 1.54) is 0 Å². The lowest BCUT2D eigenvalue weighted by atomic mass is 10.3. The summed E-state index contributed by atoms with van der Waals surface area (Å²) in [6, 6.07) is 0.111. The number of carbonyl (C=O) groups excluding carboxylic acids is 1. The Morgan fingerprint density at radius 1 is 1.45 bits per heavy atom. The minimum absolute atomic E-state index is 0.0541. The van der Waals surface area contributed by atoms with E-state index in [0.29, 0.717) is 23.3 Å². The first kappa shape index (κ1) is 16.5. The van der Waals surface area contributed by atoms with Crippen LogP contribution in [-0.4, -0.2) is 41.6 Å². The van der Waals surface area contributed by atoms with Gasteiger partial charge in [0.25, 0.3) is 0 Å². The van der Waals surface area contributed by atoms with Crippen molar-refractivity contribution in [1.82, 2.24) is 15.3 Å². The molecule has 1 aromatic heterocycles. The molecule has 0 aliphatic carbocycles. The van der Waals surface area contributed by atoms with Crippen LogP contribution in [0.2, 0.25) is 5.02 Å². The molecule has 0 fully saturated rings. The summed E-state index contributed by atoms with van der Waals surface area (Å²) in [6.07, 6.45) is 1.55. The van der Waals surface area contributed by atoms with Crippen molar-refractivity contribution in [3.8, 4) is 0 Å². The van der Waals surface area contributed by atoms with Gasteiger partial charge in [0.05, 0.1) is 12.7 Å². The van der Waals surface area contributed by atoms with E-state index in [0.717, 1.165) is 6.54 Å². The molecule has 6 nitrogen and oxygen atoms in total. The third-order valence-electron chi connectivity index (χ3n) is 2.53. The molecule has 7 heteroatoms.